The molecule has 2 aromatic rings. The third-order valence-corrected chi connectivity index (χ3v) is 5.00. The summed E-state index contributed by atoms with van der Waals surface area (Å²) in [5.74, 6) is 2.09. The lowest BCUT2D eigenvalue weighted by Crippen LogP contribution is -2.19. The molecule has 0 unspecified atom stereocenters. The summed E-state index contributed by atoms with van der Waals surface area (Å²) in [7, 11) is 0. The van der Waals surface area contributed by atoms with Gasteiger partial charge in [0.1, 0.15) is 41.1 Å². The van der Waals surface area contributed by atoms with E-state index in [4.69, 9.17) is 24.1 Å². The highest BCUT2D eigenvalue weighted by atomic mass is 127. The van der Waals surface area contributed by atoms with Crippen molar-refractivity contribution >= 4 is 34.6 Å². The lowest BCUT2D eigenvalue weighted by molar-refractivity contribution is 0.156. The van der Waals surface area contributed by atoms with Crippen LogP contribution in [0.2, 0.25) is 0 Å². The minimum absolute atomic E-state index is 0.0169. The van der Waals surface area contributed by atoms with Crippen molar-refractivity contribution in [1.82, 2.24) is 0 Å². The largest absolute Gasteiger partial charge is 0.494 e. The summed E-state index contributed by atoms with van der Waals surface area (Å²) in [6.45, 7) is 4.97. The van der Waals surface area contributed by atoms with Gasteiger partial charge in [-0.3, -0.25) is 0 Å². The second-order valence-electron chi connectivity index (χ2n) is 6.75. The van der Waals surface area contributed by atoms with Crippen LogP contribution in [-0.4, -0.2) is 31.9 Å². The van der Waals surface area contributed by atoms with E-state index in [0.717, 1.165) is 17.7 Å². The molecule has 0 bridgehead atoms. The Morgan fingerprint density at radius 1 is 0.926 bits per heavy atom. The van der Waals surface area contributed by atoms with Gasteiger partial charge in [-0.1, -0.05) is 38.1 Å². The zero-order valence-electron chi connectivity index (χ0n) is 15.6. The SMILES string of the molecule is CC(C)(c1ccc(OCCCCl)cc1)c1ccc(OC[C@H](F)COI)cc1. The van der Waals surface area contributed by atoms with E-state index in [2.05, 4.69) is 26.0 Å². The van der Waals surface area contributed by atoms with Crippen LogP contribution >= 0.6 is 34.6 Å². The van der Waals surface area contributed by atoms with Gasteiger partial charge in [-0.25, -0.2) is 4.39 Å². The first kappa shape index (κ1) is 22.2. The molecule has 0 saturated carbocycles. The average Bonchev–Trinajstić information content (AvgIpc) is 2.67. The molecule has 1 atom stereocenters. The van der Waals surface area contributed by atoms with Gasteiger partial charge in [-0.05, 0) is 41.8 Å². The fraction of sp³-hybridized carbons (Fsp3) is 0.429. The average molecular weight is 507 g/mol. The Morgan fingerprint density at radius 3 is 1.93 bits per heavy atom. The second kappa shape index (κ2) is 11.1. The van der Waals surface area contributed by atoms with Crippen molar-refractivity contribution in [3.63, 3.8) is 0 Å². The minimum Gasteiger partial charge on any atom is -0.494 e. The van der Waals surface area contributed by atoms with E-state index in [9.17, 15) is 4.39 Å². The maximum atomic E-state index is 13.4. The van der Waals surface area contributed by atoms with Gasteiger partial charge in [0, 0.05) is 11.3 Å². The lowest BCUT2D eigenvalue weighted by atomic mass is 9.78. The highest BCUT2D eigenvalue weighted by Gasteiger charge is 2.23. The van der Waals surface area contributed by atoms with Gasteiger partial charge in [-0.15, -0.1) is 11.6 Å². The van der Waals surface area contributed by atoms with Crippen molar-refractivity contribution in [2.24, 2.45) is 0 Å². The third-order valence-electron chi connectivity index (χ3n) is 4.37. The molecule has 0 saturated heterocycles. The smallest absolute Gasteiger partial charge is 0.158 e. The predicted molar refractivity (Wildman–Crippen MR) is 116 cm³/mol. The maximum Gasteiger partial charge on any atom is 0.158 e. The van der Waals surface area contributed by atoms with E-state index in [1.807, 2.05) is 36.4 Å². The first-order valence-electron chi connectivity index (χ1n) is 8.87. The van der Waals surface area contributed by atoms with Crippen molar-refractivity contribution < 1.29 is 16.9 Å². The van der Waals surface area contributed by atoms with Crippen molar-refractivity contribution in [3.8, 4) is 11.5 Å². The van der Waals surface area contributed by atoms with Crippen molar-refractivity contribution in [2.45, 2.75) is 31.9 Å². The van der Waals surface area contributed by atoms with E-state index in [-0.39, 0.29) is 18.6 Å². The van der Waals surface area contributed by atoms with Gasteiger partial charge in [-0.2, -0.15) is 0 Å². The molecule has 148 valence electrons. The van der Waals surface area contributed by atoms with Gasteiger partial charge in [0.2, 0.25) is 0 Å². The Hall–Kier alpha value is -1.05. The third kappa shape index (κ3) is 6.80. The highest BCUT2D eigenvalue weighted by molar-refractivity contribution is 14.1. The van der Waals surface area contributed by atoms with Crippen molar-refractivity contribution in [1.29, 1.82) is 0 Å². The van der Waals surface area contributed by atoms with Crippen LogP contribution in [0.25, 0.3) is 0 Å². The van der Waals surface area contributed by atoms with E-state index in [0.29, 0.717) is 18.2 Å². The zero-order valence-corrected chi connectivity index (χ0v) is 18.5. The Morgan fingerprint density at radius 2 is 1.44 bits per heavy atom. The normalized spacial score (nSPS) is 12.6. The van der Waals surface area contributed by atoms with Gasteiger partial charge >= 0.3 is 0 Å². The Kier molecular flexibility index (Phi) is 9.12. The first-order valence-corrected chi connectivity index (χ1v) is 10.3. The summed E-state index contributed by atoms with van der Waals surface area (Å²) in [6, 6.07) is 15.9. The molecule has 0 heterocycles. The van der Waals surface area contributed by atoms with Crippen LogP contribution in [0.3, 0.4) is 0 Å². The number of benzene rings is 2. The van der Waals surface area contributed by atoms with Gasteiger partial charge in [0.25, 0.3) is 0 Å². The van der Waals surface area contributed by atoms with Crippen molar-refractivity contribution in [2.75, 3.05) is 25.7 Å². The second-order valence-corrected chi connectivity index (χ2v) is 7.75. The molecule has 6 heteroatoms. The molecule has 0 aliphatic carbocycles. The fourth-order valence-corrected chi connectivity index (χ4v) is 3.15. The molecular formula is C21H25ClFIO3. The molecule has 0 aliphatic rings. The zero-order chi connectivity index (χ0) is 19.7. The summed E-state index contributed by atoms with van der Waals surface area (Å²) in [5.41, 5.74) is 2.16. The molecule has 0 amide bonds. The first-order chi connectivity index (χ1) is 13.0. The lowest BCUT2D eigenvalue weighted by Gasteiger charge is -2.26. The van der Waals surface area contributed by atoms with E-state index < -0.39 is 6.17 Å². The molecule has 2 rings (SSSR count). The number of halogens is 3. The number of alkyl halides is 2. The van der Waals surface area contributed by atoms with E-state index >= 15 is 0 Å². The highest BCUT2D eigenvalue weighted by Crippen LogP contribution is 2.33. The minimum atomic E-state index is -1.14. The molecular weight excluding hydrogens is 482 g/mol. The summed E-state index contributed by atoms with van der Waals surface area (Å²) in [6.07, 6.45) is -0.305. The van der Waals surface area contributed by atoms with Crippen LogP contribution in [0.4, 0.5) is 4.39 Å². The maximum absolute atomic E-state index is 13.4. The molecule has 0 fully saturated rings. The van der Waals surface area contributed by atoms with E-state index in [1.165, 1.54) is 5.56 Å². The van der Waals surface area contributed by atoms with Crippen molar-refractivity contribution in [3.05, 3.63) is 59.7 Å². The molecule has 3 nitrogen and oxygen atoms in total. The Labute approximate surface area is 179 Å². The molecule has 27 heavy (non-hydrogen) atoms. The molecule has 0 aromatic heterocycles. The molecule has 2 aromatic carbocycles. The Bertz CT molecular complexity index is 677. The summed E-state index contributed by atoms with van der Waals surface area (Å²) in [4.78, 5) is 0. The van der Waals surface area contributed by atoms with Crippen LogP contribution in [0.5, 0.6) is 11.5 Å². The number of rotatable bonds is 11. The predicted octanol–water partition coefficient (Wildman–Crippen LogP) is 6.10. The van der Waals surface area contributed by atoms with E-state index in [1.54, 1.807) is 23.0 Å². The van der Waals surface area contributed by atoms with Crippen LogP contribution in [0.15, 0.2) is 48.5 Å². The number of hydrogen-bond donors (Lipinski definition) is 0. The standard InChI is InChI=1S/C21H25ClFIO3/c1-21(2,16-4-8-19(9-5-16)25-13-3-12-22)17-6-10-20(11-7-17)26-14-18(23)15-27-24/h4-11,18H,3,12-15H2,1-2H3/t18-/m0/s1. The van der Waals surface area contributed by atoms with Crippen LogP contribution in [0, 0.1) is 0 Å². The topological polar surface area (TPSA) is 27.7 Å². The van der Waals surface area contributed by atoms with Gasteiger partial charge in [0.05, 0.1) is 13.2 Å². The van der Waals surface area contributed by atoms with Gasteiger partial charge < -0.3 is 12.5 Å². The van der Waals surface area contributed by atoms with Crippen LogP contribution < -0.4 is 9.47 Å². The molecule has 0 aliphatic heterocycles. The molecule has 0 N–H and O–H groups in total. The summed E-state index contributed by atoms with van der Waals surface area (Å²) in [5, 5.41) is 0. The monoisotopic (exact) mass is 506 g/mol. The fourth-order valence-electron chi connectivity index (χ4n) is 2.65. The summed E-state index contributed by atoms with van der Waals surface area (Å²) < 4.78 is 29.3. The number of ether oxygens (including phenoxy) is 2. The number of hydrogen-bond acceptors (Lipinski definition) is 3. The van der Waals surface area contributed by atoms with Crippen LogP contribution in [0.1, 0.15) is 31.4 Å². The molecule has 0 radical (unpaired) electrons. The molecule has 0 spiro atoms. The van der Waals surface area contributed by atoms with Gasteiger partial charge in [0.15, 0.2) is 6.17 Å². The Balaban J connectivity index is 2.00. The van der Waals surface area contributed by atoms with Crippen LogP contribution in [-0.2, 0) is 8.48 Å². The summed E-state index contributed by atoms with van der Waals surface area (Å²) >= 11 is 7.34. The quantitative estimate of drug-likeness (QED) is 0.209.